The second-order valence-electron chi connectivity index (χ2n) is 7.29. The van der Waals surface area contributed by atoms with Crippen LogP contribution in [-0.4, -0.2) is 35.1 Å². The number of nitrogens with one attached hydrogen (secondary N) is 2. The van der Waals surface area contributed by atoms with Gasteiger partial charge in [0.25, 0.3) is 0 Å². The molecule has 1 aromatic carbocycles. The topological polar surface area (TPSA) is 59.0 Å². The minimum absolute atomic E-state index is 0.162. The van der Waals surface area contributed by atoms with Crippen LogP contribution in [-0.2, 0) is 11.3 Å². The Hall–Kier alpha value is -1.88. The molecule has 4 rings (SSSR count). The van der Waals surface area contributed by atoms with Crippen molar-refractivity contribution in [3.63, 3.8) is 0 Å². The zero-order valence-corrected chi connectivity index (χ0v) is 14.3. The van der Waals surface area contributed by atoms with Gasteiger partial charge in [-0.25, -0.2) is 4.98 Å². The minimum atomic E-state index is -0.162. The molecule has 24 heavy (non-hydrogen) atoms. The summed E-state index contributed by atoms with van der Waals surface area (Å²) in [6.45, 7) is 5.30. The fraction of sp³-hybridized carbons (Fsp3) is 0.579. The van der Waals surface area contributed by atoms with Crippen molar-refractivity contribution >= 4 is 16.9 Å². The van der Waals surface area contributed by atoms with Gasteiger partial charge in [-0.15, -0.1) is 0 Å². The van der Waals surface area contributed by atoms with E-state index >= 15 is 0 Å². The van der Waals surface area contributed by atoms with E-state index in [2.05, 4.69) is 26.3 Å². The second-order valence-corrected chi connectivity index (χ2v) is 7.29. The summed E-state index contributed by atoms with van der Waals surface area (Å²) in [5.41, 5.74) is 2.00. The lowest BCUT2D eigenvalue weighted by Crippen LogP contribution is -2.48. The molecule has 2 heterocycles. The van der Waals surface area contributed by atoms with Crippen LogP contribution in [0.2, 0.25) is 0 Å². The quantitative estimate of drug-likeness (QED) is 0.906. The predicted molar refractivity (Wildman–Crippen MR) is 94.7 cm³/mol. The molecule has 0 spiro atoms. The molecule has 2 N–H and O–H groups in total. The number of imidazole rings is 1. The molecule has 1 aromatic heterocycles. The van der Waals surface area contributed by atoms with Crippen LogP contribution in [0.1, 0.15) is 31.5 Å². The summed E-state index contributed by atoms with van der Waals surface area (Å²) in [4.78, 5) is 17.5. The van der Waals surface area contributed by atoms with E-state index in [1.807, 2.05) is 25.1 Å². The largest absolute Gasteiger partial charge is 0.354 e. The molecule has 128 valence electrons. The minimum Gasteiger partial charge on any atom is -0.354 e. The van der Waals surface area contributed by atoms with Crippen LogP contribution < -0.4 is 10.6 Å². The van der Waals surface area contributed by atoms with Gasteiger partial charge in [-0.1, -0.05) is 25.0 Å². The Morgan fingerprint density at radius 3 is 3.21 bits per heavy atom. The van der Waals surface area contributed by atoms with Gasteiger partial charge in [-0.2, -0.15) is 0 Å². The van der Waals surface area contributed by atoms with Crippen LogP contribution in [0.5, 0.6) is 0 Å². The summed E-state index contributed by atoms with van der Waals surface area (Å²) in [6, 6.07) is 8.17. The average molecular weight is 326 g/mol. The summed E-state index contributed by atoms with van der Waals surface area (Å²) in [5, 5.41) is 6.66. The van der Waals surface area contributed by atoms with Gasteiger partial charge in [0.05, 0.1) is 16.4 Å². The third kappa shape index (κ3) is 2.51. The molecule has 5 heteroatoms. The molecule has 2 atom stereocenters. The number of rotatable bonds is 4. The molecule has 0 radical (unpaired) electrons. The van der Waals surface area contributed by atoms with E-state index < -0.39 is 0 Å². The van der Waals surface area contributed by atoms with E-state index in [4.69, 9.17) is 0 Å². The van der Waals surface area contributed by atoms with E-state index in [0.717, 1.165) is 42.9 Å². The zero-order valence-electron chi connectivity index (χ0n) is 14.3. The van der Waals surface area contributed by atoms with Crippen molar-refractivity contribution in [2.45, 2.75) is 39.2 Å². The number of hydrogen-bond donors (Lipinski definition) is 2. The third-order valence-corrected chi connectivity index (χ3v) is 5.96. The first-order valence-corrected chi connectivity index (χ1v) is 9.12. The molecular formula is C19H26N4O. The van der Waals surface area contributed by atoms with Crippen LogP contribution in [0.15, 0.2) is 24.3 Å². The maximum absolute atomic E-state index is 12.9. The van der Waals surface area contributed by atoms with Crippen molar-refractivity contribution in [1.29, 1.82) is 0 Å². The van der Waals surface area contributed by atoms with Gasteiger partial charge in [0.2, 0.25) is 5.91 Å². The Labute approximate surface area is 142 Å². The average Bonchev–Trinajstić information content (AvgIpc) is 3.17. The van der Waals surface area contributed by atoms with E-state index in [1.54, 1.807) is 0 Å². The van der Waals surface area contributed by atoms with Crippen LogP contribution in [0.3, 0.4) is 0 Å². The number of para-hydroxylation sites is 2. The first-order valence-electron chi connectivity index (χ1n) is 9.12. The summed E-state index contributed by atoms with van der Waals surface area (Å²) < 4.78 is 2.19. The summed E-state index contributed by atoms with van der Waals surface area (Å²) in [5.74, 6) is 1.77. The molecule has 5 nitrogen and oxygen atoms in total. The van der Waals surface area contributed by atoms with Gasteiger partial charge in [0.15, 0.2) is 0 Å². The van der Waals surface area contributed by atoms with E-state index in [-0.39, 0.29) is 11.3 Å². The number of aromatic nitrogens is 2. The van der Waals surface area contributed by atoms with Gasteiger partial charge < -0.3 is 15.2 Å². The van der Waals surface area contributed by atoms with Crippen molar-refractivity contribution in [3.8, 4) is 0 Å². The fourth-order valence-electron chi connectivity index (χ4n) is 4.63. The highest BCUT2D eigenvalue weighted by Gasteiger charge is 2.49. The number of carbonyl (C=O) groups excluding carboxylic acids is 1. The number of nitrogens with zero attached hydrogens (tertiary/aromatic N) is 2. The van der Waals surface area contributed by atoms with E-state index in [9.17, 15) is 4.79 Å². The maximum Gasteiger partial charge on any atom is 0.227 e. The number of amides is 1. The summed E-state index contributed by atoms with van der Waals surface area (Å²) in [6.07, 6.45) is 4.66. The SMILES string of the molecule is Cc1nc2ccccc2n1CCNC(=O)[C@@]12CCCC[C@H]1CNC2. The number of fused-ring (bicyclic) bond motifs is 2. The molecule has 2 aromatic rings. The Morgan fingerprint density at radius 2 is 2.29 bits per heavy atom. The van der Waals surface area contributed by atoms with Crippen molar-refractivity contribution < 1.29 is 4.79 Å². The lowest BCUT2D eigenvalue weighted by molar-refractivity contribution is -0.134. The highest BCUT2D eigenvalue weighted by molar-refractivity contribution is 5.84. The van der Waals surface area contributed by atoms with Crippen LogP contribution in [0.25, 0.3) is 11.0 Å². The highest BCUT2D eigenvalue weighted by atomic mass is 16.2. The number of carbonyl (C=O) groups is 1. The number of hydrogen-bond acceptors (Lipinski definition) is 3. The predicted octanol–water partition coefficient (Wildman–Crippen LogP) is 2.24. The number of benzene rings is 1. The molecule has 1 saturated heterocycles. The molecule has 0 unspecified atom stereocenters. The Kier molecular flexibility index (Phi) is 4.04. The van der Waals surface area contributed by atoms with Gasteiger partial charge in [-0.3, -0.25) is 4.79 Å². The molecule has 1 aliphatic carbocycles. The normalized spacial score (nSPS) is 26.5. The molecule has 1 saturated carbocycles. The Bertz CT molecular complexity index is 753. The Morgan fingerprint density at radius 1 is 1.42 bits per heavy atom. The maximum atomic E-state index is 12.9. The van der Waals surface area contributed by atoms with Gasteiger partial charge in [0, 0.05) is 19.6 Å². The molecule has 2 aliphatic rings. The monoisotopic (exact) mass is 326 g/mol. The smallest absolute Gasteiger partial charge is 0.227 e. The van der Waals surface area contributed by atoms with Gasteiger partial charge in [0.1, 0.15) is 5.82 Å². The fourth-order valence-corrected chi connectivity index (χ4v) is 4.63. The zero-order chi connectivity index (χ0) is 16.6. The molecule has 1 amide bonds. The van der Waals surface area contributed by atoms with Gasteiger partial charge >= 0.3 is 0 Å². The van der Waals surface area contributed by atoms with E-state index in [0.29, 0.717) is 12.5 Å². The third-order valence-electron chi connectivity index (χ3n) is 5.96. The first kappa shape index (κ1) is 15.6. The highest BCUT2D eigenvalue weighted by Crippen LogP contribution is 2.43. The Balaban J connectivity index is 1.43. The van der Waals surface area contributed by atoms with Crippen LogP contribution in [0.4, 0.5) is 0 Å². The summed E-state index contributed by atoms with van der Waals surface area (Å²) in [7, 11) is 0. The first-order chi connectivity index (χ1) is 11.7. The van der Waals surface area contributed by atoms with E-state index in [1.165, 1.54) is 19.3 Å². The van der Waals surface area contributed by atoms with Crippen LogP contribution in [0, 0.1) is 18.3 Å². The molecule has 1 aliphatic heterocycles. The molecule has 0 bridgehead atoms. The lowest BCUT2D eigenvalue weighted by atomic mass is 9.67. The van der Waals surface area contributed by atoms with Crippen molar-refractivity contribution in [1.82, 2.24) is 20.2 Å². The van der Waals surface area contributed by atoms with Crippen LogP contribution >= 0.6 is 0 Å². The summed E-state index contributed by atoms with van der Waals surface area (Å²) >= 11 is 0. The van der Waals surface area contributed by atoms with Crippen molar-refractivity contribution in [3.05, 3.63) is 30.1 Å². The molecular weight excluding hydrogens is 300 g/mol. The van der Waals surface area contributed by atoms with Gasteiger partial charge in [-0.05, 0) is 44.4 Å². The van der Waals surface area contributed by atoms with Crippen molar-refractivity contribution in [2.75, 3.05) is 19.6 Å². The second kappa shape index (κ2) is 6.20. The standard InChI is InChI=1S/C19H26N4O/c1-14-22-16-7-2-3-8-17(16)23(14)11-10-21-18(24)19-9-5-4-6-15(19)12-20-13-19/h2-3,7-8,15,20H,4-6,9-13H2,1H3,(H,21,24)/t15-,19+/m0/s1. The number of aryl methyl sites for hydroxylation is 1. The van der Waals surface area contributed by atoms with Crippen molar-refractivity contribution in [2.24, 2.45) is 11.3 Å². The molecule has 2 fully saturated rings. The lowest BCUT2D eigenvalue weighted by Gasteiger charge is -2.37.